The third-order valence-corrected chi connectivity index (χ3v) is 4.42. The van der Waals surface area contributed by atoms with Crippen molar-refractivity contribution in [2.45, 2.75) is 20.4 Å². The van der Waals surface area contributed by atoms with E-state index >= 15 is 0 Å². The van der Waals surface area contributed by atoms with Crippen LogP contribution in [0.1, 0.15) is 16.7 Å². The summed E-state index contributed by atoms with van der Waals surface area (Å²) in [4.78, 5) is 0. The molecule has 0 bridgehead atoms. The van der Waals surface area contributed by atoms with Gasteiger partial charge in [-0.1, -0.05) is 35.9 Å². The average Bonchev–Trinajstić information content (AvgIpc) is 2.81. The number of fused-ring (bicyclic) bond motifs is 1. The van der Waals surface area contributed by atoms with Crippen LogP contribution in [0, 0.1) is 13.8 Å². The lowest BCUT2D eigenvalue weighted by Crippen LogP contribution is -2.00. The quantitative estimate of drug-likeness (QED) is 0.693. The van der Waals surface area contributed by atoms with Gasteiger partial charge in [0.1, 0.15) is 0 Å². The lowest BCUT2D eigenvalue weighted by molar-refractivity contribution is 1.16. The molecule has 0 aliphatic heterocycles. The van der Waals surface area contributed by atoms with Gasteiger partial charge < -0.3 is 5.32 Å². The van der Waals surface area contributed by atoms with E-state index in [9.17, 15) is 0 Å². The molecule has 1 heterocycles. The zero-order valence-electron chi connectivity index (χ0n) is 11.2. The molecule has 0 aliphatic rings. The van der Waals surface area contributed by atoms with Gasteiger partial charge in [-0.25, -0.2) is 0 Å². The van der Waals surface area contributed by atoms with Gasteiger partial charge in [-0.15, -0.1) is 11.3 Å². The van der Waals surface area contributed by atoms with Gasteiger partial charge in [-0.2, -0.15) is 0 Å². The first-order valence-corrected chi connectivity index (χ1v) is 7.38. The van der Waals surface area contributed by atoms with Gasteiger partial charge in [0, 0.05) is 16.9 Å². The molecule has 0 amide bonds. The molecule has 1 aromatic heterocycles. The third-order valence-electron chi connectivity index (χ3n) is 3.41. The minimum atomic E-state index is 0.883. The maximum atomic E-state index is 3.54. The van der Waals surface area contributed by atoms with Crippen LogP contribution < -0.4 is 5.32 Å². The number of hydrogen-bond donors (Lipinski definition) is 1. The molecule has 3 rings (SSSR count). The summed E-state index contributed by atoms with van der Waals surface area (Å²) in [5.41, 5.74) is 5.21. The number of benzene rings is 2. The Bertz CT molecular complexity index is 712. The maximum Gasteiger partial charge on any atom is 0.0415 e. The van der Waals surface area contributed by atoms with Crippen molar-refractivity contribution < 1.29 is 0 Å². The number of hydrogen-bond acceptors (Lipinski definition) is 2. The predicted molar refractivity (Wildman–Crippen MR) is 85.1 cm³/mol. The first kappa shape index (κ1) is 12.2. The minimum absolute atomic E-state index is 0.883. The highest BCUT2D eigenvalue weighted by Gasteiger charge is 2.04. The molecule has 0 unspecified atom stereocenters. The first-order valence-electron chi connectivity index (χ1n) is 6.50. The zero-order chi connectivity index (χ0) is 13.2. The molecule has 0 radical (unpaired) electrons. The van der Waals surface area contributed by atoms with Crippen molar-refractivity contribution in [1.82, 2.24) is 0 Å². The highest BCUT2D eigenvalue weighted by molar-refractivity contribution is 7.17. The summed E-state index contributed by atoms with van der Waals surface area (Å²) in [6.45, 7) is 5.16. The Morgan fingerprint density at radius 2 is 1.89 bits per heavy atom. The van der Waals surface area contributed by atoms with Gasteiger partial charge >= 0.3 is 0 Å². The zero-order valence-corrected chi connectivity index (χ0v) is 12.1. The normalized spacial score (nSPS) is 10.8. The Labute approximate surface area is 117 Å². The van der Waals surface area contributed by atoms with Crippen LogP contribution in [-0.2, 0) is 6.54 Å². The van der Waals surface area contributed by atoms with Gasteiger partial charge in [-0.3, -0.25) is 0 Å². The number of aryl methyl sites for hydroxylation is 2. The molecular weight excluding hydrogens is 250 g/mol. The number of nitrogens with one attached hydrogen (secondary N) is 1. The molecule has 0 fully saturated rings. The Kier molecular flexibility index (Phi) is 3.26. The first-order chi connectivity index (χ1) is 9.24. The Hall–Kier alpha value is -1.80. The van der Waals surface area contributed by atoms with Crippen LogP contribution in [0.25, 0.3) is 10.1 Å². The maximum absolute atomic E-state index is 3.54. The molecule has 2 aromatic carbocycles. The second-order valence-electron chi connectivity index (χ2n) is 4.93. The lowest BCUT2D eigenvalue weighted by Gasteiger charge is -2.09. The summed E-state index contributed by atoms with van der Waals surface area (Å²) in [5, 5.41) is 7.16. The summed E-state index contributed by atoms with van der Waals surface area (Å²) >= 11 is 1.82. The van der Waals surface area contributed by atoms with Crippen molar-refractivity contribution in [2.75, 3.05) is 5.32 Å². The van der Waals surface area contributed by atoms with Crippen LogP contribution in [0.5, 0.6) is 0 Å². The van der Waals surface area contributed by atoms with E-state index in [0.29, 0.717) is 0 Å². The Morgan fingerprint density at radius 1 is 1.05 bits per heavy atom. The van der Waals surface area contributed by atoms with Crippen LogP contribution in [-0.4, -0.2) is 0 Å². The average molecular weight is 267 g/mol. The van der Waals surface area contributed by atoms with Crippen molar-refractivity contribution in [3.05, 3.63) is 64.5 Å². The SMILES string of the molecule is Cc1ccc(NCc2csc3ccccc23)c(C)c1. The monoisotopic (exact) mass is 267 g/mol. The molecule has 1 nitrogen and oxygen atoms in total. The fourth-order valence-corrected chi connectivity index (χ4v) is 3.33. The largest absolute Gasteiger partial charge is 0.381 e. The molecule has 0 saturated carbocycles. The van der Waals surface area contributed by atoms with Crippen molar-refractivity contribution in [1.29, 1.82) is 0 Å². The molecule has 0 atom stereocenters. The van der Waals surface area contributed by atoms with E-state index in [1.54, 1.807) is 0 Å². The second-order valence-corrected chi connectivity index (χ2v) is 5.84. The lowest BCUT2D eigenvalue weighted by atomic mass is 10.1. The van der Waals surface area contributed by atoms with Crippen LogP contribution >= 0.6 is 11.3 Å². The summed E-state index contributed by atoms with van der Waals surface area (Å²) in [6, 6.07) is 15.1. The van der Waals surface area contributed by atoms with Crippen LogP contribution in [0.4, 0.5) is 5.69 Å². The van der Waals surface area contributed by atoms with Crippen molar-refractivity contribution in [3.63, 3.8) is 0 Å². The van der Waals surface area contributed by atoms with Gasteiger partial charge in [0.15, 0.2) is 0 Å². The number of rotatable bonds is 3. The van der Waals surface area contributed by atoms with Gasteiger partial charge in [-0.05, 0) is 47.9 Å². The standard InChI is InChI=1S/C17H17NS/c1-12-7-8-16(13(2)9-12)18-10-14-11-19-17-6-4-3-5-15(14)17/h3-9,11,18H,10H2,1-2H3. The van der Waals surface area contributed by atoms with Crippen LogP contribution in [0.3, 0.4) is 0 Å². The van der Waals surface area contributed by atoms with E-state index in [4.69, 9.17) is 0 Å². The van der Waals surface area contributed by atoms with E-state index < -0.39 is 0 Å². The second kappa shape index (κ2) is 5.06. The smallest absolute Gasteiger partial charge is 0.0415 e. The summed E-state index contributed by atoms with van der Waals surface area (Å²) in [5.74, 6) is 0. The molecule has 2 heteroatoms. The number of anilines is 1. The highest BCUT2D eigenvalue weighted by Crippen LogP contribution is 2.26. The number of thiophene rings is 1. The van der Waals surface area contributed by atoms with Gasteiger partial charge in [0.2, 0.25) is 0 Å². The van der Waals surface area contributed by atoms with Gasteiger partial charge in [0.25, 0.3) is 0 Å². The van der Waals surface area contributed by atoms with E-state index in [1.165, 1.54) is 32.5 Å². The molecule has 0 saturated heterocycles. The molecule has 3 aromatic rings. The summed E-state index contributed by atoms with van der Waals surface area (Å²) in [6.07, 6.45) is 0. The molecule has 96 valence electrons. The minimum Gasteiger partial charge on any atom is -0.381 e. The fourth-order valence-electron chi connectivity index (χ4n) is 2.37. The van der Waals surface area contributed by atoms with Crippen LogP contribution in [0.2, 0.25) is 0 Å². The predicted octanol–water partition coefficient (Wildman–Crippen LogP) is 5.13. The molecule has 0 aliphatic carbocycles. The molecule has 19 heavy (non-hydrogen) atoms. The van der Waals surface area contributed by atoms with Crippen LogP contribution in [0.15, 0.2) is 47.8 Å². The van der Waals surface area contributed by atoms with E-state index in [1.807, 2.05) is 11.3 Å². The Morgan fingerprint density at radius 3 is 2.74 bits per heavy atom. The summed E-state index contributed by atoms with van der Waals surface area (Å²) < 4.78 is 1.36. The van der Waals surface area contributed by atoms with E-state index in [0.717, 1.165) is 6.54 Å². The van der Waals surface area contributed by atoms with Crippen molar-refractivity contribution >= 4 is 27.1 Å². The molecular formula is C17H17NS. The highest BCUT2D eigenvalue weighted by atomic mass is 32.1. The Balaban J connectivity index is 1.82. The van der Waals surface area contributed by atoms with E-state index in [2.05, 4.69) is 67.0 Å². The molecule has 1 N–H and O–H groups in total. The summed E-state index contributed by atoms with van der Waals surface area (Å²) in [7, 11) is 0. The topological polar surface area (TPSA) is 12.0 Å². The fraction of sp³-hybridized carbons (Fsp3) is 0.176. The third kappa shape index (κ3) is 2.49. The molecule has 0 spiro atoms. The van der Waals surface area contributed by atoms with E-state index in [-0.39, 0.29) is 0 Å². The van der Waals surface area contributed by atoms with Gasteiger partial charge in [0.05, 0.1) is 0 Å². The van der Waals surface area contributed by atoms with Crippen molar-refractivity contribution in [2.24, 2.45) is 0 Å². The van der Waals surface area contributed by atoms with Crippen molar-refractivity contribution in [3.8, 4) is 0 Å².